The lowest BCUT2D eigenvalue weighted by atomic mass is 10.1. The van der Waals surface area contributed by atoms with Crippen LogP contribution in [0.2, 0.25) is 0 Å². The van der Waals surface area contributed by atoms with Gasteiger partial charge in [0.05, 0.1) is 7.11 Å². The monoisotopic (exact) mass is 488 g/mol. The van der Waals surface area contributed by atoms with Crippen molar-refractivity contribution in [2.45, 2.75) is 13.2 Å². The van der Waals surface area contributed by atoms with Crippen molar-refractivity contribution in [2.75, 3.05) is 7.11 Å². The van der Waals surface area contributed by atoms with Gasteiger partial charge in [-0.3, -0.25) is 4.79 Å². The first kappa shape index (κ1) is 22.5. The van der Waals surface area contributed by atoms with Gasteiger partial charge in [0, 0.05) is 15.6 Å². The summed E-state index contributed by atoms with van der Waals surface area (Å²) in [4.78, 5) is 12.4. The fraction of sp³-hybridized carbons (Fsp3) is 0.125. The zero-order chi connectivity index (χ0) is 22.2. The predicted molar refractivity (Wildman–Crippen MR) is 118 cm³/mol. The molecule has 4 nitrogen and oxygen atoms in total. The van der Waals surface area contributed by atoms with Crippen LogP contribution in [-0.2, 0) is 6.61 Å². The normalized spacial score (nSPS) is 11.0. The zero-order valence-corrected chi connectivity index (χ0v) is 18.1. The molecule has 0 amide bonds. The van der Waals surface area contributed by atoms with Gasteiger partial charge >= 0.3 is 6.61 Å². The zero-order valence-electron chi connectivity index (χ0n) is 16.6. The maximum Gasteiger partial charge on any atom is 0.387 e. The van der Waals surface area contributed by atoms with Crippen LogP contribution in [0.5, 0.6) is 17.2 Å². The highest BCUT2D eigenvalue weighted by Gasteiger charge is 2.09. The fourth-order valence-electron chi connectivity index (χ4n) is 2.83. The third-order valence-electron chi connectivity index (χ3n) is 4.27. The van der Waals surface area contributed by atoms with Crippen molar-refractivity contribution in [1.82, 2.24) is 0 Å². The highest BCUT2D eigenvalue weighted by atomic mass is 79.9. The minimum Gasteiger partial charge on any atom is -0.496 e. The van der Waals surface area contributed by atoms with E-state index in [0.717, 1.165) is 15.6 Å². The lowest BCUT2D eigenvalue weighted by molar-refractivity contribution is -0.0498. The maximum absolute atomic E-state index is 12.4. The van der Waals surface area contributed by atoms with Crippen LogP contribution in [0.15, 0.2) is 77.3 Å². The Balaban J connectivity index is 1.73. The molecule has 0 atom stereocenters. The Morgan fingerprint density at radius 2 is 1.81 bits per heavy atom. The molecule has 0 aliphatic rings. The van der Waals surface area contributed by atoms with Crippen LogP contribution in [0, 0.1) is 0 Å². The summed E-state index contributed by atoms with van der Waals surface area (Å²) in [6.45, 7) is -2.67. The molecule has 0 unspecified atom stereocenters. The van der Waals surface area contributed by atoms with E-state index in [4.69, 9.17) is 9.47 Å². The number of hydrogen-bond donors (Lipinski definition) is 0. The van der Waals surface area contributed by atoms with Crippen molar-refractivity contribution in [1.29, 1.82) is 0 Å². The third kappa shape index (κ3) is 6.65. The molecule has 0 aliphatic carbocycles. The molecule has 0 saturated carbocycles. The minimum atomic E-state index is -2.95. The molecule has 0 saturated heterocycles. The van der Waals surface area contributed by atoms with Crippen molar-refractivity contribution in [3.63, 3.8) is 0 Å². The number of ketones is 1. The number of rotatable bonds is 9. The lowest BCUT2D eigenvalue weighted by Crippen LogP contribution is -2.03. The second kappa shape index (κ2) is 10.7. The number of carbonyl (C=O) groups is 1. The molecule has 0 spiro atoms. The summed E-state index contributed by atoms with van der Waals surface area (Å²) in [5, 5.41) is 0. The molecule has 3 aromatic carbocycles. The van der Waals surface area contributed by atoms with E-state index in [0.29, 0.717) is 11.5 Å². The molecule has 0 N–H and O–H groups in total. The molecule has 31 heavy (non-hydrogen) atoms. The van der Waals surface area contributed by atoms with E-state index in [1.165, 1.54) is 30.3 Å². The van der Waals surface area contributed by atoms with Crippen molar-refractivity contribution in [3.8, 4) is 17.2 Å². The molecule has 0 aromatic heterocycles. The Kier molecular flexibility index (Phi) is 7.78. The second-order valence-electron chi connectivity index (χ2n) is 6.42. The van der Waals surface area contributed by atoms with Gasteiger partial charge < -0.3 is 14.2 Å². The van der Waals surface area contributed by atoms with Crippen LogP contribution in [0.25, 0.3) is 6.08 Å². The fourth-order valence-corrected chi connectivity index (χ4v) is 3.20. The molecule has 3 aromatic rings. The van der Waals surface area contributed by atoms with Gasteiger partial charge in [-0.15, -0.1) is 0 Å². The maximum atomic E-state index is 12.4. The van der Waals surface area contributed by atoms with Crippen LogP contribution < -0.4 is 14.2 Å². The summed E-state index contributed by atoms with van der Waals surface area (Å²) in [5.41, 5.74) is 1.83. The molecule has 3 rings (SSSR count). The van der Waals surface area contributed by atoms with E-state index in [2.05, 4.69) is 20.7 Å². The number of benzene rings is 3. The highest BCUT2D eigenvalue weighted by molar-refractivity contribution is 9.10. The summed E-state index contributed by atoms with van der Waals surface area (Å²) in [7, 11) is 1.57. The van der Waals surface area contributed by atoms with E-state index in [1.54, 1.807) is 19.3 Å². The van der Waals surface area contributed by atoms with Crippen molar-refractivity contribution >= 4 is 27.8 Å². The third-order valence-corrected chi connectivity index (χ3v) is 4.76. The lowest BCUT2D eigenvalue weighted by Gasteiger charge is -2.11. The summed E-state index contributed by atoms with van der Waals surface area (Å²) >= 11 is 3.41. The topological polar surface area (TPSA) is 44.8 Å². The van der Waals surface area contributed by atoms with Crippen LogP contribution >= 0.6 is 15.9 Å². The smallest absolute Gasteiger partial charge is 0.387 e. The molecule has 0 radical (unpaired) electrons. The minimum absolute atomic E-state index is 0.0642. The van der Waals surface area contributed by atoms with E-state index < -0.39 is 6.61 Å². The Bertz CT molecular complexity index is 1080. The number of allylic oxidation sites excluding steroid dienone is 1. The molecular weight excluding hydrogens is 470 g/mol. The number of alkyl halides is 2. The highest BCUT2D eigenvalue weighted by Crippen LogP contribution is 2.24. The average molecular weight is 489 g/mol. The van der Waals surface area contributed by atoms with Crippen LogP contribution in [-0.4, -0.2) is 19.5 Å². The largest absolute Gasteiger partial charge is 0.496 e. The van der Waals surface area contributed by atoms with Crippen LogP contribution in [0.3, 0.4) is 0 Å². The number of hydrogen-bond acceptors (Lipinski definition) is 4. The first-order chi connectivity index (χ1) is 14.9. The molecule has 7 heteroatoms. The number of methoxy groups -OCH3 is 1. The van der Waals surface area contributed by atoms with Gasteiger partial charge in [0.1, 0.15) is 23.9 Å². The summed E-state index contributed by atoms with van der Waals surface area (Å²) in [6.07, 6.45) is 3.02. The first-order valence-electron chi connectivity index (χ1n) is 9.27. The Morgan fingerprint density at radius 3 is 2.55 bits per heavy atom. The molecule has 0 fully saturated rings. The number of ether oxygens (including phenoxy) is 3. The van der Waals surface area contributed by atoms with Crippen molar-refractivity contribution < 1.29 is 27.8 Å². The molecule has 0 bridgehead atoms. The number of halogens is 3. The van der Waals surface area contributed by atoms with Crippen molar-refractivity contribution in [3.05, 3.63) is 94.0 Å². The summed E-state index contributed by atoms with van der Waals surface area (Å²) < 4.78 is 41.2. The molecular formula is C24H19BrF2O4. The van der Waals surface area contributed by atoms with Gasteiger partial charge in [-0.1, -0.05) is 46.3 Å². The van der Waals surface area contributed by atoms with E-state index >= 15 is 0 Å². The quantitative estimate of drug-likeness (QED) is 0.253. The van der Waals surface area contributed by atoms with E-state index in [-0.39, 0.29) is 23.7 Å². The molecule has 0 heterocycles. The summed E-state index contributed by atoms with van der Waals surface area (Å²) in [5.74, 6) is 0.974. The van der Waals surface area contributed by atoms with Gasteiger partial charge in [-0.05, 0) is 54.1 Å². The van der Waals surface area contributed by atoms with E-state index in [1.807, 2.05) is 36.4 Å². The molecule has 0 aliphatic heterocycles. The SMILES string of the molecule is COc1ccc(/C=C/C(=O)c2cccc(OC(F)F)c2)cc1COc1cccc(Br)c1. The van der Waals surface area contributed by atoms with Crippen LogP contribution in [0.1, 0.15) is 21.5 Å². The Labute approximate surface area is 187 Å². The number of carbonyl (C=O) groups excluding carboxylic acids is 1. The van der Waals surface area contributed by atoms with Gasteiger partial charge in [0.25, 0.3) is 0 Å². The Hall–Kier alpha value is -3.19. The van der Waals surface area contributed by atoms with Gasteiger partial charge in [0.2, 0.25) is 0 Å². The second-order valence-corrected chi connectivity index (χ2v) is 7.34. The van der Waals surface area contributed by atoms with E-state index in [9.17, 15) is 13.6 Å². The van der Waals surface area contributed by atoms with Crippen LogP contribution in [0.4, 0.5) is 8.78 Å². The standard InChI is InChI=1S/C24H19BrF2O4/c1-29-23-11-9-16(12-18(23)15-30-20-6-3-5-19(25)14-20)8-10-22(28)17-4-2-7-21(13-17)31-24(26)27/h2-14,24H,15H2,1H3/b10-8+. The Morgan fingerprint density at radius 1 is 1.03 bits per heavy atom. The van der Waals surface area contributed by atoms with Gasteiger partial charge in [-0.25, -0.2) is 0 Å². The predicted octanol–water partition coefficient (Wildman–Crippen LogP) is 6.53. The average Bonchev–Trinajstić information content (AvgIpc) is 2.76. The molecule has 160 valence electrons. The van der Waals surface area contributed by atoms with Gasteiger partial charge in [0.15, 0.2) is 5.78 Å². The van der Waals surface area contributed by atoms with Gasteiger partial charge in [-0.2, -0.15) is 8.78 Å². The first-order valence-corrected chi connectivity index (χ1v) is 10.1. The van der Waals surface area contributed by atoms with Crippen molar-refractivity contribution in [2.24, 2.45) is 0 Å². The summed E-state index contributed by atoms with van der Waals surface area (Å²) in [6, 6.07) is 18.6.